The Bertz CT molecular complexity index is 899. The van der Waals surface area contributed by atoms with Crippen molar-refractivity contribution in [2.45, 2.75) is 32.0 Å². The van der Waals surface area contributed by atoms with Crippen LogP contribution < -0.4 is 11.1 Å². The van der Waals surface area contributed by atoms with Gasteiger partial charge in [-0.05, 0) is 18.2 Å². The molecular weight excluding hydrogens is 384 g/mol. The van der Waals surface area contributed by atoms with Gasteiger partial charge in [0.2, 0.25) is 0 Å². The molecule has 0 aliphatic carbocycles. The number of amides is 1. The summed E-state index contributed by atoms with van der Waals surface area (Å²) in [6.45, 7) is 0.717. The Kier molecular flexibility index (Phi) is 5.18. The summed E-state index contributed by atoms with van der Waals surface area (Å²) in [6, 6.07) is 1.53. The van der Waals surface area contributed by atoms with Gasteiger partial charge in [0.25, 0.3) is 11.8 Å². The van der Waals surface area contributed by atoms with E-state index in [1.165, 1.54) is 18.4 Å². The fourth-order valence-electron chi connectivity index (χ4n) is 2.78. The number of hydrogen-bond donors (Lipinski definition) is 2. The van der Waals surface area contributed by atoms with Crippen LogP contribution in [0.15, 0.2) is 28.6 Å². The first-order valence-corrected chi connectivity index (χ1v) is 8.91. The summed E-state index contributed by atoms with van der Waals surface area (Å²) in [5.41, 5.74) is 5.52. The van der Waals surface area contributed by atoms with Crippen LogP contribution in [-0.2, 0) is 6.67 Å². The fraction of sp³-hybridized carbons (Fsp3) is 0.353. The smallest absolute Gasteiger partial charge is 0.284 e. The Morgan fingerprint density at radius 2 is 2.19 bits per heavy atom. The van der Waals surface area contributed by atoms with E-state index >= 15 is 0 Å². The molecule has 1 aliphatic heterocycles. The molecule has 2 unspecified atom stereocenters. The fourth-order valence-corrected chi connectivity index (χ4v) is 3.47. The van der Waals surface area contributed by atoms with Gasteiger partial charge in [0.15, 0.2) is 5.01 Å². The Morgan fingerprint density at radius 3 is 2.85 bits per heavy atom. The van der Waals surface area contributed by atoms with Crippen molar-refractivity contribution in [2.24, 2.45) is 16.6 Å². The van der Waals surface area contributed by atoms with Crippen LogP contribution >= 0.6 is 11.3 Å². The van der Waals surface area contributed by atoms with Gasteiger partial charge in [0, 0.05) is 29.0 Å². The van der Waals surface area contributed by atoms with E-state index in [1.54, 1.807) is 0 Å². The predicted molar refractivity (Wildman–Crippen MR) is 94.4 cm³/mol. The van der Waals surface area contributed by atoms with E-state index in [2.05, 4.69) is 15.3 Å². The first kappa shape index (κ1) is 19.3. The molecule has 3 N–H and O–H groups in total. The summed E-state index contributed by atoms with van der Waals surface area (Å²) in [5, 5.41) is 3.85. The Labute approximate surface area is 156 Å². The quantitative estimate of drug-likeness (QED) is 0.759. The minimum atomic E-state index is -3.28. The molecule has 0 saturated carbocycles. The zero-order valence-electron chi connectivity index (χ0n) is 14.2. The lowest BCUT2D eigenvalue weighted by atomic mass is 9.89. The molecule has 0 fully saturated rings. The van der Waals surface area contributed by atoms with E-state index < -0.39 is 42.7 Å². The molecule has 27 heavy (non-hydrogen) atoms. The average molecular weight is 400 g/mol. The molecule has 0 radical (unpaired) electrons. The maximum absolute atomic E-state index is 14.4. The van der Waals surface area contributed by atoms with Crippen molar-refractivity contribution in [1.29, 1.82) is 0 Å². The topological polar surface area (TPSA) is 80.4 Å². The Balaban J connectivity index is 1.89. The maximum atomic E-state index is 14.4. The molecule has 144 valence electrons. The molecule has 0 saturated heterocycles. The first-order chi connectivity index (χ1) is 12.7. The number of amidine groups is 1. The maximum Gasteiger partial charge on any atom is 0.284 e. The number of thiazole rings is 1. The molecule has 0 bridgehead atoms. The highest BCUT2D eigenvalue weighted by Crippen LogP contribution is 2.44. The van der Waals surface area contributed by atoms with Crippen LogP contribution in [0, 0.1) is 11.7 Å². The molecule has 1 aliphatic rings. The number of carbonyl (C=O) groups excluding carboxylic acids is 1. The lowest BCUT2D eigenvalue weighted by Crippen LogP contribution is -2.39. The molecule has 0 spiro atoms. The van der Waals surface area contributed by atoms with Crippen molar-refractivity contribution < 1.29 is 22.4 Å². The highest BCUT2D eigenvalue weighted by molar-refractivity contribution is 7.11. The first-order valence-electron chi connectivity index (χ1n) is 8.03. The Morgan fingerprint density at radius 1 is 1.44 bits per heavy atom. The number of benzene rings is 1. The van der Waals surface area contributed by atoms with Gasteiger partial charge >= 0.3 is 0 Å². The number of rotatable bonds is 4. The number of anilines is 1. The minimum Gasteiger partial charge on any atom is -0.387 e. The largest absolute Gasteiger partial charge is 0.387 e. The standard InChI is InChI=1S/C17H16F4N4OS/c1-8-5-17(20,21)13(25-14(8)22)11-4-9(2-3-12(11)19)23-15(26)16-24-10(6-18)7-27-16/h2-4,7-8,13H,5-6H2,1H3,(H2,22,25)(H,23,26). The van der Waals surface area contributed by atoms with E-state index in [0.29, 0.717) is 0 Å². The number of nitrogens with two attached hydrogens (primary N) is 1. The molecule has 1 aromatic carbocycles. The molecular formula is C17H16F4N4OS. The van der Waals surface area contributed by atoms with E-state index in [9.17, 15) is 22.4 Å². The number of aliphatic imine (C=N–C) groups is 1. The number of carbonyl (C=O) groups is 1. The second-order valence-electron chi connectivity index (χ2n) is 6.29. The molecule has 1 aromatic heterocycles. The number of alkyl halides is 3. The van der Waals surface area contributed by atoms with Crippen LogP contribution in [0.25, 0.3) is 0 Å². The highest BCUT2D eigenvalue weighted by atomic mass is 32.1. The van der Waals surface area contributed by atoms with Gasteiger partial charge in [-0.15, -0.1) is 11.3 Å². The lowest BCUT2D eigenvalue weighted by molar-refractivity contribution is -0.0462. The van der Waals surface area contributed by atoms with Crippen molar-refractivity contribution in [3.05, 3.63) is 45.7 Å². The third-order valence-corrected chi connectivity index (χ3v) is 5.08. The van der Waals surface area contributed by atoms with E-state index in [4.69, 9.17) is 5.73 Å². The second kappa shape index (κ2) is 7.26. The van der Waals surface area contributed by atoms with Crippen LogP contribution in [0.5, 0.6) is 0 Å². The molecule has 2 heterocycles. The van der Waals surface area contributed by atoms with Crippen molar-refractivity contribution in [3.63, 3.8) is 0 Å². The normalized spacial score (nSPS) is 21.6. The summed E-state index contributed by atoms with van der Waals surface area (Å²) in [7, 11) is 0. The van der Waals surface area contributed by atoms with Gasteiger partial charge in [0.05, 0.1) is 11.5 Å². The van der Waals surface area contributed by atoms with Gasteiger partial charge < -0.3 is 11.1 Å². The minimum absolute atomic E-state index is 0.00705. The third-order valence-electron chi connectivity index (χ3n) is 4.19. The summed E-state index contributed by atoms with van der Waals surface area (Å²) in [4.78, 5) is 19.7. The van der Waals surface area contributed by atoms with Crippen LogP contribution in [0.4, 0.5) is 23.2 Å². The van der Waals surface area contributed by atoms with Crippen molar-refractivity contribution >= 4 is 28.8 Å². The molecule has 1 amide bonds. The van der Waals surface area contributed by atoms with E-state index in [1.807, 2.05) is 0 Å². The van der Waals surface area contributed by atoms with Crippen LogP contribution in [0.3, 0.4) is 0 Å². The molecule has 10 heteroatoms. The van der Waals surface area contributed by atoms with Gasteiger partial charge in [-0.2, -0.15) is 0 Å². The predicted octanol–water partition coefficient (Wildman–Crippen LogP) is 4.08. The summed E-state index contributed by atoms with van der Waals surface area (Å²) >= 11 is 0.942. The molecule has 2 atom stereocenters. The van der Waals surface area contributed by atoms with Gasteiger partial charge in [-0.25, -0.2) is 22.5 Å². The Hall–Kier alpha value is -2.49. The number of nitrogens with one attached hydrogen (secondary N) is 1. The summed E-state index contributed by atoms with van der Waals surface area (Å²) in [5.74, 6) is -5.39. The molecule has 2 aromatic rings. The second-order valence-corrected chi connectivity index (χ2v) is 7.15. The van der Waals surface area contributed by atoms with E-state index in [-0.39, 0.29) is 27.8 Å². The van der Waals surface area contributed by atoms with Crippen LogP contribution in [-0.4, -0.2) is 22.6 Å². The zero-order valence-corrected chi connectivity index (χ0v) is 15.0. The molecule has 5 nitrogen and oxygen atoms in total. The van der Waals surface area contributed by atoms with E-state index in [0.717, 1.165) is 23.5 Å². The number of aromatic nitrogens is 1. The summed E-state index contributed by atoms with van der Waals surface area (Å²) in [6.07, 6.45) is -0.547. The van der Waals surface area contributed by atoms with Gasteiger partial charge in [-0.3, -0.25) is 9.79 Å². The average Bonchev–Trinajstić information content (AvgIpc) is 3.09. The van der Waals surface area contributed by atoms with Crippen LogP contribution in [0.1, 0.15) is 40.4 Å². The SMILES string of the molecule is CC1CC(F)(F)C(c2cc(NC(=O)c3nc(CF)cs3)ccc2F)N=C1N. The van der Waals surface area contributed by atoms with Crippen molar-refractivity contribution in [3.8, 4) is 0 Å². The number of hydrogen-bond acceptors (Lipinski definition) is 5. The lowest BCUT2D eigenvalue weighted by Gasteiger charge is -2.32. The number of nitrogens with zero attached hydrogens (tertiary/aromatic N) is 2. The highest BCUT2D eigenvalue weighted by Gasteiger charge is 2.46. The van der Waals surface area contributed by atoms with Gasteiger partial charge in [0.1, 0.15) is 18.5 Å². The van der Waals surface area contributed by atoms with Crippen LogP contribution in [0.2, 0.25) is 0 Å². The summed E-state index contributed by atoms with van der Waals surface area (Å²) < 4.78 is 55.6. The van der Waals surface area contributed by atoms with Crippen molar-refractivity contribution in [1.82, 2.24) is 4.98 Å². The third kappa shape index (κ3) is 3.95. The molecule has 3 rings (SSSR count). The zero-order chi connectivity index (χ0) is 19.8. The van der Waals surface area contributed by atoms with Gasteiger partial charge in [-0.1, -0.05) is 6.92 Å². The van der Waals surface area contributed by atoms with Crippen molar-refractivity contribution in [2.75, 3.05) is 5.32 Å². The number of halogens is 4. The monoisotopic (exact) mass is 400 g/mol.